The van der Waals surface area contributed by atoms with Crippen molar-refractivity contribution in [2.24, 2.45) is 0 Å². The van der Waals surface area contributed by atoms with E-state index in [0.29, 0.717) is 5.82 Å². The van der Waals surface area contributed by atoms with Gasteiger partial charge in [0.05, 0.1) is 5.75 Å². The minimum Gasteiger partial charge on any atom is -0.370 e. The van der Waals surface area contributed by atoms with Gasteiger partial charge < -0.3 is 10.6 Å². The van der Waals surface area contributed by atoms with Gasteiger partial charge in [-0.05, 0) is 13.8 Å². The van der Waals surface area contributed by atoms with Crippen LogP contribution < -0.4 is 10.6 Å². The molecule has 1 atom stereocenters. The maximum Gasteiger partial charge on any atom is 0.149 e. The van der Waals surface area contributed by atoms with Crippen LogP contribution in [0.15, 0.2) is 12.4 Å². The van der Waals surface area contributed by atoms with Crippen molar-refractivity contribution in [2.75, 3.05) is 29.2 Å². The number of anilines is 2. The van der Waals surface area contributed by atoms with Crippen LogP contribution in [0.4, 0.5) is 11.6 Å². The quantitative estimate of drug-likeness (QED) is 0.783. The van der Waals surface area contributed by atoms with Crippen LogP contribution in [-0.2, 0) is 9.84 Å². The number of sulfone groups is 1. The van der Waals surface area contributed by atoms with Gasteiger partial charge >= 0.3 is 0 Å². The van der Waals surface area contributed by atoms with Crippen LogP contribution in [0.5, 0.6) is 0 Å². The van der Waals surface area contributed by atoms with Gasteiger partial charge in [0, 0.05) is 24.9 Å². The van der Waals surface area contributed by atoms with Gasteiger partial charge in [0.1, 0.15) is 27.8 Å². The van der Waals surface area contributed by atoms with Crippen LogP contribution in [0.1, 0.15) is 13.8 Å². The third kappa shape index (κ3) is 5.48. The van der Waals surface area contributed by atoms with E-state index in [-0.39, 0.29) is 11.8 Å². The highest BCUT2D eigenvalue weighted by Gasteiger charge is 2.10. The summed E-state index contributed by atoms with van der Waals surface area (Å²) in [4.78, 5) is 8.07. The Morgan fingerprint density at radius 2 is 2.00 bits per heavy atom. The average Bonchev–Trinajstić information content (AvgIpc) is 2.15. The molecule has 0 bridgehead atoms. The molecule has 0 saturated heterocycles. The minimum absolute atomic E-state index is 0.0769. The highest BCUT2D eigenvalue weighted by Crippen LogP contribution is 2.09. The first-order valence-corrected chi connectivity index (χ1v) is 7.47. The lowest BCUT2D eigenvalue weighted by molar-refractivity contribution is 0.598. The molecule has 0 amide bonds. The van der Waals surface area contributed by atoms with Crippen molar-refractivity contribution in [1.82, 2.24) is 9.97 Å². The van der Waals surface area contributed by atoms with E-state index in [4.69, 9.17) is 0 Å². The van der Waals surface area contributed by atoms with Crippen LogP contribution in [0.2, 0.25) is 0 Å². The lowest BCUT2D eigenvalue weighted by Crippen LogP contribution is -2.25. The second-order valence-corrected chi connectivity index (χ2v) is 6.14. The molecule has 0 aromatic carbocycles. The van der Waals surface area contributed by atoms with Crippen molar-refractivity contribution >= 4 is 21.5 Å². The van der Waals surface area contributed by atoms with E-state index < -0.39 is 9.84 Å². The van der Waals surface area contributed by atoms with Crippen LogP contribution in [0.25, 0.3) is 0 Å². The zero-order valence-corrected chi connectivity index (χ0v) is 11.1. The van der Waals surface area contributed by atoms with Gasteiger partial charge in [0.15, 0.2) is 0 Å². The van der Waals surface area contributed by atoms with Gasteiger partial charge in [-0.1, -0.05) is 0 Å². The second-order valence-electron chi connectivity index (χ2n) is 3.96. The fourth-order valence-electron chi connectivity index (χ4n) is 1.46. The van der Waals surface area contributed by atoms with Crippen LogP contribution >= 0.6 is 0 Å². The number of nitrogens with zero attached hydrogens (tertiary/aromatic N) is 2. The fraction of sp³-hybridized carbons (Fsp3) is 0.600. The summed E-state index contributed by atoms with van der Waals surface area (Å²) >= 11 is 0. The Labute approximate surface area is 102 Å². The summed E-state index contributed by atoms with van der Waals surface area (Å²) < 4.78 is 22.2. The van der Waals surface area contributed by atoms with E-state index in [0.717, 1.165) is 12.4 Å². The van der Waals surface area contributed by atoms with E-state index in [1.165, 1.54) is 12.6 Å². The first-order chi connectivity index (χ1) is 7.90. The maximum atomic E-state index is 11.1. The standard InChI is InChI=1S/C10H18N4O2S/c1-4-11-9-5-10(13-7-12-9)14-8(2)6-17(3,15)16/h5,7-8H,4,6H2,1-3H3,(H2,11,12,13,14). The molecule has 96 valence electrons. The van der Waals surface area contributed by atoms with Crippen LogP contribution in [-0.4, -0.2) is 43.0 Å². The van der Waals surface area contributed by atoms with E-state index in [1.807, 2.05) is 6.92 Å². The molecular weight excluding hydrogens is 240 g/mol. The van der Waals surface area contributed by atoms with Crippen molar-refractivity contribution in [2.45, 2.75) is 19.9 Å². The number of hydrogen-bond acceptors (Lipinski definition) is 6. The van der Waals surface area contributed by atoms with Crippen molar-refractivity contribution in [3.05, 3.63) is 12.4 Å². The first-order valence-electron chi connectivity index (χ1n) is 5.41. The molecule has 2 N–H and O–H groups in total. The summed E-state index contributed by atoms with van der Waals surface area (Å²) in [6.07, 6.45) is 2.66. The Balaban J connectivity index is 2.65. The van der Waals surface area contributed by atoms with E-state index >= 15 is 0 Å². The lowest BCUT2D eigenvalue weighted by atomic mass is 10.4. The van der Waals surface area contributed by atoms with Gasteiger partial charge in [-0.2, -0.15) is 0 Å². The molecule has 0 aliphatic rings. The predicted octanol–water partition coefficient (Wildman–Crippen LogP) is 0.753. The molecule has 6 nitrogen and oxygen atoms in total. The predicted molar refractivity (Wildman–Crippen MR) is 69.0 cm³/mol. The molecule has 1 aromatic rings. The molecule has 0 saturated carbocycles. The number of aromatic nitrogens is 2. The summed E-state index contributed by atoms with van der Waals surface area (Å²) in [5.41, 5.74) is 0. The normalized spacial score (nSPS) is 13.1. The number of hydrogen-bond donors (Lipinski definition) is 2. The molecule has 0 aliphatic carbocycles. The molecule has 1 heterocycles. The number of rotatable bonds is 6. The van der Waals surface area contributed by atoms with Crippen molar-refractivity contribution in [3.8, 4) is 0 Å². The Morgan fingerprint density at radius 3 is 2.59 bits per heavy atom. The molecule has 1 unspecified atom stereocenters. The Morgan fingerprint density at radius 1 is 1.35 bits per heavy atom. The number of nitrogens with one attached hydrogen (secondary N) is 2. The molecule has 7 heteroatoms. The lowest BCUT2D eigenvalue weighted by Gasteiger charge is -2.13. The highest BCUT2D eigenvalue weighted by atomic mass is 32.2. The van der Waals surface area contributed by atoms with Gasteiger partial charge in [-0.15, -0.1) is 0 Å². The largest absolute Gasteiger partial charge is 0.370 e. The SMILES string of the molecule is CCNc1cc(NC(C)CS(C)(=O)=O)ncn1. The summed E-state index contributed by atoms with van der Waals surface area (Å²) in [6.45, 7) is 4.55. The van der Waals surface area contributed by atoms with Gasteiger partial charge in [-0.25, -0.2) is 18.4 Å². The second kappa shape index (κ2) is 5.81. The van der Waals surface area contributed by atoms with Gasteiger partial charge in [-0.3, -0.25) is 0 Å². The molecule has 0 fully saturated rings. The summed E-state index contributed by atoms with van der Waals surface area (Å²) in [7, 11) is -2.99. The fourth-order valence-corrected chi connectivity index (χ4v) is 2.45. The third-order valence-electron chi connectivity index (χ3n) is 1.97. The zero-order valence-electron chi connectivity index (χ0n) is 10.3. The highest BCUT2D eigenvalue weighted by molar-refractivity contribution is 7.90. The van der Waals surface area contributed by atoms with Crippen molar-refractivity contribution in [1.29, 1.82) is 0 Å². The first kappa shape index (κ1) is 13.7. The summed E-state index contributed by atoms with van der Waals surface area (Å²) in [5.74, 6) is 1.41. The minimum atomic E-state index is -2.99. The zero-order chi connectivity index (χ0) is 12.9. The smallest absolute Gasteiger partial charge is 0.149 e. The summed E-state index contributed by atoms with van der Waals surface area (Å²) in [6, 6.07) is 1.57. The molecular formula is C10H18N4O2S. The molecule has 0 radical (unpaired) electrons. The van der Waals surface area contributed by atoms with Gasteiger partial charge in [0.2, 0.25) is 0 Å². The molecule has 17 heavy (non-hydrogen) atoms. The monoisotopic (exact) mass is 258 g/mol. The molecule has 1 rings (SSSR count). The third-order valence-corrected chi connectivity index (χ3v) is 3.08. The van der Waals surface area contributed by atoms with Crippen molar-refractivity contribution < 1.29 is 8.42 Å². The van der Waals surface area contributed by atoms with Crippen molar-refractivity contribution in [3.63, 3.8) is 0 Å². The average molecular weight is 258 g/mol. The van der Waals surface area contributed by atoms with E-state index in [9.17, 15) is 8.42 Å². The van der Waals surface area contributed by atoms with E-state index in [2.05, 4.69) is 20.6 Å². The summed E-state index contributed by atoms with van der Waals surface area (Å²) in [5, 5.41) is 6.09. The maximum absolute atomic E-state index is 11.1. The molecule has 0 spiro atoms. The van der Waals surface area contributed by atoms with E-state index in [1.54, 1.807) is 13.0 Å². The Bertz CT molecular complexity index is 461. The van der Waals surface area contributed by atoms with Crippen LogP contribution in [0, 0.1) is 0 Å². The molecule has 0 aliphatic heterocycles. The Hall–Kier alpha value is -1.37. The van der Waals surface area contributed by atoms with Crippen LogP contribution in [0.3, 0.4) is 0 Å². The molecule has 1 aromatic heterocycles. The van der Waals surface area contributed by atoms with Gasteiger partial charge in [0.25, 0.3) is 0 Å². The topological polar surface area (TPSA) is 84.0 Å². The Kier molecular flexibility index (Phi) is 4.68.